The first-order valence-electron chi connectivity index (χ1n) is 9.08. The Bertz CT molecular complexity index is 727. The predicted octanol–water partition coefficient (Wildman–Crippen LogP) is 3.32. The maximum absolute atomic E-state index is 12.4. The third kappa shape index (κ3) is 4.73. The molecule has 0 radical (unpaired) electrons. The van der Waals surface area contributed by atoms with Crippen LogP contribution in [0.25, 0.3) is 10.9 Å². The summed E-state index contributed by atoms with van der Waals surface area (Å²) >= 11 is 6.07. The highest BCUT2D eigenvalue weighted by Crippen LogP contribution is 2.25. The highest BCUT2D eigenvalue weighted by Gasteiger charge is 2.26. The van der Waals surface area contributed by atoms with Gasteiger partial charge in [0, 0.05) is 29.4 Å². The SMILES string of the molecule is CN(C)C[C@H]1CCCC[C@H]1NC(=O)CCn1ncc2ccc(Cl)cc21. The lowest BCUT2D eigenvalue weighted by Gasteiger charge is -2.34. The molecule has 1 amide bonds. The Morgan fingerprint density at radius 1 is 1.36 bits per heavy atom. The molecule has 1 fully saturated rings. The second kappa shape index (κ2) is 8.19. The number of carbonyl (C=O) groups excluding carboxylic acids is 1. The molecule has 1 N–H and O–H groups in total. The number of benzene rings is 1. The maximum atomic E-state index is 12.4. The molecule has 1 heterocycles. The number of amides is 1. The van der Waals surface area contributed by atoms with Crippen LogP contribution in [0.2, 0.25) is 5.02 Å². The molecule has 3 rings (SSSR count). The zero-order chi connectivity index (χ0) is 17.8. The van der Waals surface area contributed by atoms with Gasteiger partial charge >= 0.3 is 0 Å². The lowest BCUT2D eigenvalue weighted by atomic mass is 9.84. The number of fused-ring (bicyclic) bond motifs is 1. The number of rotatable bonds is 6. The van der Waals surface area contributed by atoms with Crippen molar-refractivity contribution in [2.45, 2.75) is 44.7 Å². The van der Waals surface area contributed by atoms with Crippen LogP contribution in [0.4, 0.5) is 0 Å². The van der Waals surface area contributed by atoms with Crippen LogP contribution in [0.5, 0.6) is 0 Å². The number of halogens is 1. The molecule has 0 aliphatic heterocycles. The number of aryl methyl sites for hydroxylation is 1. The van der Waals surface area contributed by atoms with Crippen molar-refractivity contribution in [1.29, 1.82) is 0 Å². The van der Waals surface area contributed by atoms with Gasteiger partial charge in [-0.3, -0.25) is 9.48 Å². The van der Waals surface area contributed by atoms with Crippen LogP contribution in [0.3, 0.4) is 0 Å². The van der Waals surface area contributed by atoms with Gasteiger partial charge in [-0.15, -0.1) is 0 Å². The first-order chi connectivity index (χ1) is 12.0. The highest BCUT2D eigenvalue weighted by atomic mass is 35.5. The van der Waals surface area contributed by atoms with Gasteiger partial charge in [0.15, 0.2) is 0 Å². The molecule has 5 nitrogen and oxygen atoms in total. The zero-order valence-corrected chi connectivity index (χ0v) is 15.8. The quantitative estimate of drug-likeness (QED) is 0.857. The molecule has 136 valence electrons. The van der Waals surface area contributed by atoms with Crippen molar-refractivity contribution in [3.05, 3.63) is 29.4 Å². The summed E-state index contributed by atoms with van der Waals surface area (Å²) in [6, 6.07) is 6.01. The fourth-order valence-electron chi connectivity index (χ4n) is 3.79. The van der Waals surface area contributed by atoms with Crippen molar-refractivity contribution >= 4 is 28.4 Å². The van der Waals surface area contributed by atoms with Gasteiger partial charge in [0.2, 0.25) is 5.91 Å². The van der Waals surface area contributed by atoms with Gasteiger partial charge in [-0.25, -0.2) is 0 Å². The Morgan fingerprint density at radius 3 is 2.96 bits per heavy atom. The fourth-order valence-corrected chi connectivity index (χ4v) is 3.96. The molecule has 0 saturated heterocycles. The van der Waals surface area contributed by atoms with E-state index in [-0.39, 0.29) is 5.91 Å². The number of nitrogens with one attached hydrogen (secondary N) is 1. The van der Waals surface area contributed by atoms with Crippen molar-refractivity contribution in [2.24, 2.45) is 5.92 Å². The molecule has 1 aliphatic rings. The van der Waals surface area contributed by atoms with Crippen LogP contribution in [-0.4, -0.2) is 47.3 Å². The average molecular weight is 363 g/mol. The number of carbonyl (C=O) groups is 1. The summed E-state index contributed by atoms with van der Waals surface area (Å²) in [6.07, 6.45) is 7.02. The molecule has 1 aliphatic carbocycles. The predicted molar refractivity (Wildman–Crippen MR) is 102 cm³/mol. The van der Waals surface area contributed by atoms with E-state index in [1.54, 1.807) is 0 Å². The normalized spacial score (nSPS) is 21.0. The summed E-state index contributed by atoms with van der Waals surface area (Å²) in [5.74, 6) is 0.665. The second-order valence-corrected chi connectivity index (χ2v) is 7.74. The second-order valence-electron chi connectivity index (χ2n) is 7.30. The summed E-state index contributed by atoms with van der Waals surface area (Å²) in [7, 11) is 4.20. The van der Waals surface area contributed by atoms with E-state index >= 15 is 0 Å². The van der Waals surface area contributed by atoms with E-state index in [9.17, 15) is 4.79 Å². The third-order valence-corrected chi connectivity index (χ3v) is 5.25. The van der Waals surface area contributed by atoms with E-state index in [2.05, 4.69) is 29.4 Å². The molecule has 25 heavy (non-hydrogen) atoms. The summed E-state index contributed by atoms with van der Waals surface area (Å²) in [6.45, 7) is 1.61. The monoisotopic (exact) mass is 362 g/mol. The van der Waals surface area contributed by atoms with E-state index in [4.69, 9.17) is 11.6 Å². The number of aromatic nitrogens is 2. The third-order valence-electron chi connectivity index (χ3n) is 5.01. The summed E-state index contributed by atoms with van der Waals surface area (Å²) in [4.78, 5) is 14.7. The first kappa shape index (κ1) is 18.2. The van der Waals surface area contributed by atoms with Gasteiger partial charge in [0.05, 0.1) is 18.3 Å². The van der Waals surface area contributed by atoms with Gasteiger partial charge in [-0.2, -0.15) is 5.10 Å². The zero-order valence-electron chi connectivity index (χ0n) is 15.0. The molecule has 0 bridgehead atoms. The standard InChI is InChI=1S/C19H27ClN4O/c1-23(2)13-15-5-3-4-6-17(15)22-19(25)9-10-24-18-11-16(20)8-7-14(18)12-21-24/h7-8,11-12,15,17H,3-6,9-10,13H2,1-2H3,(H,22,25)/t15-,17-/m1/s1. The molecular weight excluding hydrogens is 336 g/mol. The fraction of sp³-hybridized carbons (Fsp3) is 0.579. The number of hydrogen-bond acceptors (Lipinski definition) is 3. The lowest BCUT2D eigenvalue weighted by Crippen LogP contribution is -2.45. The Kier molecular flexibility index (Phi) is 5.97. The highest BCUT2D eigenvalue weighted by molar-refractivity contribution is 6.31. The Balaban J connectivity index is 1.57. The van der Waals surface area contributed by atoms with E-state index in [1.807, 2.05) is 29.1 Å². The van der Waals surface area contributed by atoms with Crippen molar-refractivity contribution in [1.82, 2.24) is 20.0 Å². The molecule has 1 aromatic heterocycles. The molecular formula is C19H27ClN4O. The van der Waals surface area contributed by atoms with E-state index in [0.717, 1.165) is 23.9 Å². The first-order valence-corrected chi connectivity index (χ1v) is 9.46. The van der Waals surface area contributed by atoms with Gasteiger partial charge in [0.1, 0.15) is 0 Å². The van der Waals surface area contributed by atoms with Crippen molar-refractivity contribution in [3.8, 4) is 0 Å². The van der Waals surface area contributed by atoms with Crippen LogP contribution in [0, 0.1) is 5.92 Å². The maximum Gasteiger partial charge on any atom is 0.222 e. The molecule has 6 heteroatoms. The molecule has 1 aromatic carbocycles. The molecule has 2 atom stereocenters. The van der Waals surface area contributed by atoms with Crippen LogP contribution >= 0.6 is 11.6 Å². The summed E-state index contributed by atoms with van der Waals surface area (Å²) < 4.78 is 1.86. The van der Waals surface area contributed by atoms with Crippen molar-refractivity contribution in [2.75, 3.05) is 20.6 Å². The van der Waals surface area contributed by atoms with Gasteiger partial charge in [0.25, 0.3) is 0 Å². The summed E-state index contributed by atoms with van der Waals surface area (Å²) in [5.41, 5.74) is 0.975. The van der Waals surface area contributed by atoms with E-state index in [1.165, 1.54) is 19.3 Å². The van der Waals surface area contributed by atoms with Crippen LogP contribution in [0.15, 0.2) is 24.4 Å². The number of hydrogen-bond donors (Lipinski definition) is 1. The smallest absolute Gasteiger partial charge is 0.222 e. The van der Waals surface area contributed by atoms with E-state index < -0.39 is 0 Å². The van der Waals surface area contributed by atoms with Crippen LogP contribution in [0.1, 0.15) is 32.1 Å². The average Bonchev–Trinajstić information content (AvgIpc) is 2.96. The minimum absolute atomic E-state index is 0.112. The van der Waals surface area contributed by atoms with Gasteiger partial charge in [-0.05, 0) is 51.1 Å². The van der Waals surface area contributed by atoms with E-state index in [0.29, 0.717) is 29.9 Å². The van der Waals surface area contributed by atoms with Crippen LogP contribution in [-0.2, 0) is 11.3 Å². The minimum atomic E-state index is 0.112. The van der Waals surface area contributed by atoms with Crippen LogP contribution < -0.4 is 5.32 Å². The molecule has 2 aromatic rings. The molecule has 0 spiro atoms. The van der Waals surface area contributed by atoms with Gasteiger partial charge in [-0.1, -0.05) is 24.4 Å². The Labute approximate surface area is 154 Å². The van der Waals surface area contributed by atoms with Gasteiger partial charge < -0.3 is 10.2 Å². The summed E-state index contributed by atoms with van der Waals surface area (Å²) in [5, 5.41) is 9.38. The minimum Gasteiger partial charge on any atom is -0.353 e. The number of nitrogens with zero attached hydrogens (tertiary/aromatic N) is 3. The topological polar surface area (TPSA) is 50.2 Å². The van der Waals surface area contributed by atoms with Crippen molar-refractivity contribution < 1.29 is 4.79 Å². The Hall–Kier alpha value is -1.59. The largest absolute Gasteiger partial charge is 0.353 e. The molecule has 0 unspecified atom stereocenters. The lowest BCUT2D eigenvalue weighted by molar-refractivity contribution is -0.122. The van der Waals surface area contributed by atoms with Crippen molar-refractivity contribution in [3.63, 3.8) is 0 Å². The Morgan fingerprint density at radius 2 is 2.16 bits per heavy atom. The molecule has 1 saturated carbocycles.